The van der Waals surface area contributed by atoms with Gasteiger partial charge in [-0.2, -0.15) is 4.31 Å². The number of rotatable bonds is 4. The highest BCUT2D eigenvalue weighted by atomic mass is 32.2. The van der Waals surface area contributed by atoms with E-state index in [1.807, 2.05) is 6.07 Å². The molecule has 1 saturated heterocycles. The molecule has 0 bridgehead atoms. The van der Waals surface area contributed by atoms with Gasteiger partial charge in [0.1, 0.15) is 5.82 Å². The minimum absolute atomic E-state index is 0.0637. The molecule has 0 aromatic heterocycles. The number of nitrogens with zero attached hydrogens (tertiary/aromatic N) is 1. The summed E-state index contributed by atoms with van der Waals surface area (Å²) in [7, 11) is -3.70. The Labute approximate surface area is 145 Å². The molecular weight excluding hydrogens is 345 g/mol. The summed E-state index contributed by atoms with van der Waals surface area (Å²) in [6, 6.07) is 11.4. The van der Waals surface area contributed by atoms with Gasteiger partial charge in [0.25, 0.3) is 0 Å². The number of sulfonamides is 1. The molecule has 25 heavy (non-hydrogen) atoms. The molecule has 1 atom stereocenters. The summed E-state index contributed by atoms with van der Waals surface area (Å²) < 4.78 is 40.0. The third-order valence-corrected chi connectivity index (χ3v) is 6.32. The van der Waals surface area contributed by atoms with Gasteiger partial charge < -0.3 is 5.11 Å². The van der Waals surface area contributed by atoms with Gasteiger partial charge in [0.05, 0.1) is 10.5 Å². The number of benzene rings is 2. The van der Waals surface area contributed by atoms with Gasteiger partial charge in [-0.05, 0) is 60.7 Å². The Morgan fingerprint density at radius 3 is 2.56 bits per heavy atom. The van der Waals surface area contributed by atoms with Gasteiger partial charge in [0.2, 0.25) is 10.0 Å². The summed E-state index contributed by atoms with van der Waals surface area (Å²) in [4.78, 5) is 11.2. The van der Waals surface area contributed by atoms with Crippen LogP contribution in [0.4, 0.5) is 4.39 Å². The van der Waals surface area contributed by atoms with E-state index in [9.17, 15) is 17.6 Å². The van der Waals surface area contributed by atoms with Crippen molar-refractivity contribution in [1.82, 2.24) is 4.31 Å². The quantitative estimate of drug-likeness (QED) is 0.906. The standard InChI is InChI=1S/C18H18FNO4S/c19-16-6-8-17(9-7-16)25(23,24)20-10-2-5-15(12-20)13-3-1-4-14(11-13)18(21)22/h1,3-4,6-9,11,15H,2,5,10,12H2,(H,21,22)/t15-/m0/s1. The lowest BCUT2D eigenvalue weighted by molar-refractivity contribution is 0.0696. The van der Waals surface area contributed by atoms with Crippen molar-refractivity contribution in [1.29, 1.82) is 0 Å². The zero-order valence-corrected chi connectivity index (χ0v) is 14.2. The fourth-order valence-electron chi connectivity index (χ4n) is 3.11. The average Bonchev–Trinajstić information content (AvgIpc) is 2.62. The molecule has 1 N–H and O–H groups in total. The monoisotopic (exact) mass is 363 g/mol. The van der Waals surface area contributed by atoms with Crippen molar-refractivity contribution in [2.45, 2.75) is 23.7 Å². The van der Waals surface area contributed by atoms with Crippen LogP contribution >= 0.6 is 0 Å². The van der Waals surface area contributed by atoms with E-state index in [0.29, 0.717) is 13.0 Å². The van der Waals surface area contributed by atoms with E-state index < -0.39 is 21.8 Å². The smallest absolute Gasteiger partial charge is 0.335 e. The van der Waals surface area contributed by atoms with Gasteiger partial charge in [-0.15, -0.1) is 0 Å². The fourth-order valence-corrected chi connectivity index (χ4v) is 4.64. The van der Waals surface area contributed by atoms with Crippen molar-refractivity contribution in [3.8, 4) is 0 Å². The lowest BCUT2D eigenvalue weighted by atomic mass is 9.91. The van der Waals surface area contributed by atoms with Crippen molar-refractivity contribution in [3.05, 3.63) is 65.5 Å². The molecule has 3 rings (SSSR count). The third kappa shape index (κ3) is 3.72. The first-order valence-electron chi connectivity index (χ1n) is 7.97. The zero-order valence-electron chi connectivity index (χ0n) is 13.4. The van der Waals surface area contributed by atoms with E-state index in [2.05, 4.69) is 0 Å². The van der Waals surface area contributed by atoms with Crippen LogP contribution in [0.3, 0.4) is 0 Å². The van der Waals surface area contributed by atoms with Crippen LogP contribution in [0.2, 0.25) is 0 Å². The highest BCUT2D eigenvalue weighted by molar-refractivity contribution is 7.89. The second kappa shape index (κ2) is 6.93. The number of carboxylic acids is 1. The lowest BCUT2D eigenvalue weighted by Gasteiger charge is -2.32. The Bertz CT molecular complexity index is 880. The van der Waals surface area contributed by atoms with Crippen LogP contribution in [0, 0.1) is 5.82 Å². The molecule has 0 unspecified atom stereocenters. The van der Waals surface area contributed by atoms with Gasteiger partial charge >= 0.3 is 5.97 Å². The van der Waals surface area contributed by atoms with Crippen molar-refractivity contribution < 1.29 is 22.7 Å². The molecule has 1 heterocycles. The fraction of sp³-hybridized carbons (Fsp3) is 0.278. The summed E-state index contributed by atoms with van der Waals surface area (Å²) in [6.07, 6.45) is 1.47. The average molecular weight is 363 g/mol. The third-order valence-electron chi connectivity index (χ3n) is 4.44. The van der Waals surface area contributed by atoms with Gasteiger partial charge in [-0.3, -0.25) is 0 Å². The second-order valence-corrected chi connectivity index (χ2v) is 8.02. The van der Waals surface area contributed by atoms with E-state index in [0.717, 1.165) is 24.1 Å². The maximum Gasteiger partial charge on any atom is 0.335 e. The predicted molar refractivity (Wildman–Crippen MR) is 90.5 cm³/mol. The SMILES string of the molecule is O=C(O)c1cccc([C@H]2CCCN(S(=O)(=O)c3ccc(F)cc3)C2)c1. The molecule has 7 heteroatoms. The summed E-state index contributed by atoms with van der Waals surface area (Å²) in [5.41, 5.74) is 1.01. The van der Waals surface area contributed by atoms with E-state index in [4.69, 9.17) is 5.11 Å². The van der Waals surface area contributed by atoms with Crippen LogP contribution in [-0.2, 0) is 10.0 Å². The van der Waals surface area contributed by atoms with E-state index >= 15 is 0 Å². The number of piperidine rings is 1. The molecule has 1 aliphatic heterocycles. The first-order valence-corrected chi connectivity index (χ1v) is 9.41. The number of halogens is 1. The largest absolute Gasteiger partial charge is 0.478 e. The van der Waals surface area contributed by atoms with Gasteiger partial charge in [-0.1, -0.05) is 12.1 Å². The molecule has 0 amide bonds. The molecule has 0 aliphatic carbocycles. The van der Waals surface area contributed by atoms with Crippen molar-refractivity contribution >= 4 is 16.0 Å². The molecule has 2 aromatic carbocycles. The van der Waals surface area contributed by atoms with Gasteiger partial charge in [0.15, 0.2) is 0 Å². The maximum absolute atomic E-state index is 13.0. The Hall–Kier alpha value is -2.25. The van der Waals surface area contributed by atoms with Crippen molar-refractivity contribution in [2.75, 3.05) is 13.1 Å². The zero-order chi connectivity index (χ0) is 18.0. The molecule has 2 aromatic rings. The minimum atomic E-state index is -3.70. The number of carboxylic acid groups (broad SMARTS) is 1. The molecule has 1 fully saturated rings. The first kappa shape index (κ1) is 17.6. The van der Waals surface area contributed by atoms with Crippen LogP contribution in [0.5, 0.6) is 0 Å². The summed E-state index contributed by atoms with van der Waals surface area (Å²) in [6.45, 7) is 0.678. The Kier molecular flexibility index (Phi) is 4.87. The molecule has 132 valence electrons. The predicted octanol–water partition coefficient (Wildman–Crippen LogP) is 3.09. The van der Waals surface area contributed by atoms with Crippen molar-refractivity contribution in [2.24, 2.45) is 0 Å². The van der Waals surface area contributed by atoms with Crippen LogP contribution in [0.25, 0.3) is 0 Å². The van der Waals surface area contributed by atoms with Gasteiger partial charge in [-0.25, -0.2) is 17.6 Å². The van der Waals surface area contributed by atoms with E-state index in [1.165, 1.54) is 22.5 Å². The Morgan fingerprint density at radius 1 is 1.16 bits per heavy atom. The van der Waals surface area contributed by atoms with Crippen molar-refractivity contribution in [3.63, 3.8) is 0 Å². The number of aromatic carboxylic acids is 1. The normalized spacial score (nSPS) is 18.8. The summed E-state index contributed by atoms with van der Waals surface area (Å²) >= 11 is 0. The minimum Gasteiger partial charge on any atom is -0.478 e. The molecule has 0 spiro atoms. The van der Waals surface area contributed by atoms with Crippen LogP contribution < -0.4 is 0 Å². The first-order chi connectivity index (χ1) is 11.9. The molecule has 1 aliphatic rings. The van der Waals surface area contributed by atoms with Crippen LogP contribution in [-0.4, -0.2) is 36.9 Å². The van der Waals surface area contributed by atoms with Crippen LogP contribution in [0.1, 0.15) is 34.7 Å². The number of carbonyl (C=O) groups is 1. The number of hydrogen-bond donors (Lipinski definition) is 1. The number of hydrogen-bond acceptors (Lipinski definition) is 3. The summed E-state index contributed by atoms with van der Waals surface area (Å²) in [5, 5.41) is 9.12. The van der Waals surface area contributed by atoms with E-state index in [1.54, 1.807) is 12.1 Å². The second-order valence-electron chi connectivity index (χ2n) is 6.09. The van der Waals surface area contributed by atoms with Crippen LogP contribution in [0.15, 0.2) is 53.4 Å². The Morgan fingerprint density at radius 2 is 1.88 bits per heavy atom. The molecule has 0 saturated carbocycles. The van der Waals surface area contributed by atoms with E-state index in [-0.39, 0.29) is 22.9 Å². The van der Waals surface area contributed by atoms with Gasteiger partial charge in [0, 0.05) is 13.1 Å². The highest BCUT2D eigenvalue weighted by Crippen LogP contribution is 2.30. The topological polar surface area (TPSA) is 74.7 Å². The lowest BCUT2D eigenvalue weighted by Crippen LogP contribution is -2.39. The summed E-state index contributed by atoms with van der Waals surface area (Å²) in [5.74, 6) is -1.56. The molecule has 0 radical (unpaired) electrons. The molecule has 5 nitrogen and oxygen atoms in total. The molecular formula is C18H18FNO4S. The maximum atomic E-state index is 13.0. The Balaban J connectivity index is 1.84. The highest BCUT2D eigenvalue weighted by Gasteiger charge is 2.31.